The van der Waals surface area contributed by atoms with E-state index in [0.717, 1.165) is 6.42 Å². The molecule has 0 aromatic heterocycles. The fraction of sp³-hybridized carbons (Fsp3) is 0.429. The van der Waals surface area contributed by atoms with Crippen molar-refractivity contribution in [3.05, 3.63) is 62.1 Å². The first kappa shape index (κ1) is 24.3. The van der Waals surface area contributed by atoms with E-state index < -0.39 is 13.0 Å². The van der Waals surface area contributed by atoms with Gasteiger partial charge in [-0.15, -0.1) is 24.8 Å². The Morgan fingerprint density at radius 3 is 2.23 bits per heavy atom. The number of rotatable bonds is 4. The van der Waals surface area contributed by atoms with Crippen LogP contribution in [0.3, 0.4) is 0 Å². The molecule has 0 saturated carbocycles. The van der Waals surface area contributed by atoms with Gasteiger partial charge in [0.1, 0.15) is 0 Å². The Labute approximate surface area is 177 Å². The van der Waals surface area contributed by atoms with Crippen LogP contribution >= 0.6 is 34.1 Å². The van der Waals surface area contributed by atoms with Gasteiger partial charge in [0.05, 0.1) is 0 Å². The second-order valence-electron chi connectivity index (χ2n) is 7.91. The second kappa shape index (κ2) is 8.31. The zero-order valence-electron chi connectivity index (χ0n) is 16.4. The summed E-state index contributed by atoms with van der Waals surface area (Å²) >= 11 is -3.45. The summed E-state index contributed by atoms with van der Waals surface area (Å²) in [5.41, 5.74) is 7.32. The molecule has 1 aromatic carbocycles. The zero-order valence-corrected chi connectivity index (χ0v) is 21.8. The monoisotopic (exact) mass is 464 g/mol. The summed E-state index contributed by atoms with van der Waals surface area (Å²) < 4.78 is 3.23. The number of halogens is 3. The minimum atomic E-state index is -3.45. The van der Waals surface area contributed by atoms with Crippen molar-refractivity contribution in [1.29, 1.82) is 0 Å². The van der Waals surface area contributed by atoms with Crippen LogP contribution in [0.5, 0.6) is 0 Å². The van der Waals surface area contributed by atoms with Crippen LogP contribution in [0.2, 0.25) is 4.73 Å². The van der Waals surface area contributed by atoms with Crippen molar-refractivity contribution in [3.8, 4) is 0 Å². The maximum atomic E-state index is 7.92. The van der Waals surface area contributed by atoms with Gasteiger partial charge in [-0.2, -0.15) is 0 Å². The standard InChI is InChI=1S/C9H7.C9H13.C3H7.3ClH.H2Si.Ti/c1-2-5-9-7-3-6-8(9)4-1;1-6-5-7(2)9(4)8(6)3;1-3-2;;;;;/h1-7H;6H,1-4H3;1,3H2,2H3;3*1H;1H2;/q;;;;;;;+1/p-1. The third-order valence-corrected chi connectivity index (χ3v) is 22.7. The molecule has 1 aromatic rings. The molecule has 0 spiro atoms. The van der Waals surface area contributed by atoms with Crippen molar-refractivity contribution in [3.63, 3.8) is 0 Å². The largest absolute Gasteiger partial charge is 0.147 e. The number of hydrogen-bond acceptors (Lipinski definition) is 0. The molecule has 2 atom stereocenters. The van der Waals surface area contributed by atoms with Gasteiger partial charge in [-0.05, 0) is 0 Å². The number of allylic oxidation sites excluding steroid dienone is 5. The predicted octanol–water partition coefficient (Wildman–Crippen LogP) is 7.08. The van der Waals surface area contributed by atoms with Gasteiger partial charge in [0.25, 0.3) is 0 Å². The van der Waals surface area contributed by atoms with Crippen LogP contribution in [-0.4, -0.2) is 7.63 Å². The smallest absolute Gasteiger partial charge is 0.147 e. The molecule has 0 N–H and O–H groups in total. The van der Waals surface area contributed by atoms with Gasteiger partial charge in [-0.1, -0.05) is 0 Å². The molecule has 0 bridgehead atoms. The SMILES string of the molecule is CC[CH2][Ti](=[SiH2])([Cl])([C]1=C(C)C(C)=C(C)C1C)[CH]1C=Cc2ccccc21.Cl.Cl. The van der Waals surface area contributed by atoms with Crippen molar-refractivity contribution >= 4 is 47.8 Å². The van der Waals surface area contributed by atoms with E-state index in [2.05, 4.69) is 78.7 Å². The maximum Gasteiger partial charge on any atom is -0.147 e. The summed E-state index contributed by atoms with van der Waals surface area (Å²) in [7, 11) is 10.1. The molecule has 0 fully saturated rings. The first-order valence-electron chi connectivity index (χ1n) is 9.12. The molecular formula is C21H31Cl3SiTi. The Bertz CT molecular complexity index is 866. The molecule has 0 saturated heterocycles. The van der Waals surface area contributed by atoms with Crippen LogP contribution in [0, 0.1) is 5.92 Å². The molecule has 0 nitrogen and oxygen atoms in total. The van der Waals surface area contributed by atoms with Crippen molar-refractivity contribution < 1.29 is 13.0 Å². The Hall–Kier alpha value is 0.241. The molecule has 3 rings (SSSR count). The summed E-state index contributed by atoms with van der Waals surface area (Å²) in [6.07, 6.45) is 5.89. The average Bonchev–Trinajstić information content (AvgIpc) is 3.05. The first-order chi connectivity index (χ1) is 11.2. The molecule has 144 valence electrons. The van der Waals surface area contributed by atoms with Gasteiger partial charge in [0.2, 0.25) is 0 Å². The maximum absolute atomic E-state index is 7.92. The molecule has 2 aliphatic carbocycles. The van der Waals surface area contributed by atoms with E-state index in [1.165, 1.54) is 32.6 Å². The molecule has 0 radical (unpaired) electrons. The quantitative estimate of drug-likeness (QED) is 0.417. The van der Waals surface area contributed by atoms with E-state index in [0.29, 0.717) is 10.1 Å². The Morgan fingerprint density at radius 1 is 1.08 bits per heavy atom. The fourth-order valence-corrected chi connectivity index (χ4v) is 22.4. The number of benzene rings is 1. The van der Waals surface area contributed by atoms with Crippen molar-refractivity contribution in [2.75, 3.05) is 0 Å². The van der Waals surface area contributed by atoms with E-state index in [4.69, 9.17) is 9.30 Å². The van der Waals surface area contributed by atoms with E-state index >= 15 is 0 Å². The summed E-state index contributed by atoms with van der Waals surface area (Å²) in [6.45, 7) is 11.6. The third kappa shape index (κ3) is 3.49. The predicted molar refractivity (Wildman–Crippen MR) is 122 cm³/mol. The van der Waals surface area contributed by atoms with Crippen LogP contribution in [-0.2, 0) is 13.0 Å². The van der Waals surface area contributed by atoms with Gasteiger partial charge in [0, 0.05) is 0 Å². The van der Waals surface area contributed by atoms with Crippen LogP contribution in [0.15, 0.2) is 50.9 Å². The molecule has 0 aliphatic heterocycles. The van der Waals surface area contributed by atoms with Crippen molar-refractivity contribution in [2.45, 2.75) is 50.0 Å². The van der Waals surface area contributed by atoms with Gasteiger partial charge < -0.3 is 0 Å². The summed E-state index contributed by atoms with van der Waals surface area (Å²) in [6, 6.07) is 8.85. The van der Waals surface area contributed by atoms with E-state index in [1.54, 1.807) is 3.88 Å². The molecule has 26 heavy (non-hydrogen) atoms. The fourth-order valence-electron chi connectivity index (χ4n) is 5.15. The van der Waals surface area contributed by atoms with E-state index in [9.17, 15) is 0 Å². The van der Waals surface area contributed by atoms with Crippen LogP contribution < -0.4 is 0 Å². The molecule has 2 unspecified atom stereocenters. The summed E-state index contributed by atoms with van der Waals surface area (Å²) in [5, 5.41) is 0. The second-order valence-corrected chi connectivity index (χ2v) is 28.0. The van der Waals surface area contributed by atoms with Crippen LogP contribution in [0.25, 0.3) is 6.08 Å². The Kier molecular flexibility index (Phi) is 7.76. The van der Waals surface area contributed by atoms with Gasteiger partial charge in [0.15, 0.2) is 0 Å². The van der Waals surface area contributed by atoms with E-state index in [-0.39, 0.29) is 24.8 Å². The topological polar surface area (TPSA) is 0 Å². The minimum Gasteiger partial charge on any atom is -0.147 e. The normalized spacial score (nSPS) is 22.3. The Balaban J connectivity index is 0.00000169. The molecule has 2 aliphatic rings. The van der Waals surface area contributed by atoms with Crippen LogP contribution in [0.4, 0.5) is 0 Å². The first-order valence-corrected chi connectivity index (χ1v) is 18.1. The van der Waals surface area contributed by atoms with Crippen LogP contribution in [0.1, 0.15) is 56.4 Å². The molecule has 0 amide bonds. The average molecular weight is 466 g/mol. The summed E-state index contributed by atoms with van der Waals surface area (Å²) in [5.74, 6) is 0.504. The minimum absolute atomic E-state index is 0. The molecular weight excluding hydrogens is 435 g/mol. The number of fused-ring (bicyclic) bond motifs is 1. The molecule has 0 heterocycles. The number of hydrogen-bond donors (Lipinski definition) is 0. The summed E-state index contributed by atoms with van der Waals surface area (Å²) in [4.78, 5) is 0. The zero-order chi connectivity index (χ0) is 17.7. The van der Waals surface area contributed by atoms with E-state index in [1.807, 2.05) is 0 Å². The Morgan fingerprint density at radius 2 is 1.69 bits per heavy atom. The van der Waals surface area contributed by atoms with Crippen molar-refractivity contribution in [1.82, 2.24) is 0 Å². The van der Waals surface area contributed by atoms with Crippen molar-refractivity contribution in [2.24, 2.45) is 5.92 Å². The van der Waals surface area contributed by atoms with Gasteiger partial charge in [-0.3, -0.25) is 0 Å². The molecule has 5 heteroatoms. The van der Waals surface area contributed by atoms with Gasteiger partial charge >= 0.3 is 154 Å². The third-order valence-electron chi connectivity index (χ3n) is 6.58. The van der Waals surface area contributed by atoms with Gasteiger partial charge in [-0.25, -0.2) is 0 Å².